The van der Waals surface area contributed by atoms with E-state index in [2.05, 4.69) is 82.2 Å². The molecule has 6 rings (SSSR count). The Labute approximate surface area is 228 Å². The van der Waals surface area contributed by atoms with Crippen LogP contribution in [0, 0.1) is 0 Å². The molecule has 0 saturated heterocycles. The summed E-state index contributed by atoms with van der Waals surface area (Å²) in [6.45, 7) is 0. The maximum atomic E-state index is 11.4. The fourth-order valence-electron chi connectivity index (χ4n) is 4.22. The molecule has 0 bridgehead atoms. The van der Waals surface area contributed by atoms with Gasteiger partial charge >= 0.3 is 0 Å². The summed E-state index contributed by atoms with van der Waals surface area (Å²) in [5.74, 6) is 0.395. The molecule has 4 heterocycles. The maximum Gasteiger partial charge on any atom is 0.124 e. The van der Waals surface area contributed by atoms with Gasteiger partial charge in [0, 0.05) is 45.4 Å². The predicted molar refractivity (Wildman–Crippen MR) is 164 cm³/mol. The van der Waals surface area contributed by atoms with E-state index in [0.29, 0.717) is 0 Å². The second kappa shape index (κ2) is 10.6. The van der Waals surface area contributed by atoms with Crippen LogP contribution in [0.2, 0.25) is 0 Å². The van der Waals surface area contributed by atoms with E-state index < -0.39 is 15.8 Å². The summed E-state index contributed by atoms with van der Waals surface area (Å²) in [4.78, 5) is 0. The summed E-state index contributed by atoms with van der Waals surface area (Å²) in [6, 6.07) is 28.6. The number of phenols is 2. The van der Waals surface area contributed by atoms with Crippen LogP contribution in [0.1, 0.15) is 0 Å². The van der Waals surface area contributed by atoms with Gasteiger partial charge in [-0.1, -0.05) is 48.5 Å². The molecule has 36 heavy (non-hydrogen) atoms. The highest BCUT2D eigenvalue weighted by Gasteiger charge is 2.30. The van der Waals surface area contributed by atoms with Gasteiger partial charge in [-0.05, 0) is 68.5 Å². The van der Waals surface area contributed by atoms with Crippen LogP contribution in [-0.4, -0.2) is 10.2 Å². The Kier molecular flexibility index (Phi) is 7.08. The van der Waals surface area contributed by atoms with Gasteiger partial charge in [-0.3, -0.25) is 0 Å². The lowest BCUT2D eigenvalue weighted by atomic mass is 10.0. The summed E-state index contributed by atoms with van der Waals surface area (Å²) in [6.07, 6.45) is 0. The Bertz CT molecular complexity index is 1370. The summed E-state index contributed by atoms with van der Waals surface area (Å²) < 4.78 is 5.09. The zero-order valence-corrected chi connectivity index (χ0v) is 23.9. The number of benzene rings is 2. The van der Waals surface area contributed by atoms with Crippen molar-refractivity contribution in [2.45, 2.75) is 0 Å². The van der Waals surface area contributed by atoms with E-state index in [-0.39, 0.29) is 11.5 Å². The van der Waals surface area contributed by atoms with Crippen molar-refractivity contribution in [2.75, 3.05) is 0 Å². The third-order valence-electron chi connectivity index (χ3n) is 5.68. The van der Waals surface area contributed by atoms with Gasteiger partial charge in [-0.15, -0.1) is 45.3 Å². The average Bonchev–Trinajstić information content (AvgIpc) is 3.70. The second-order valence-corrected chi connectivity index (χ2v) is 17.1. The van der Waals surface area contributed by atoms with E-state index in [1.165, 1.54) is 18.5 Å². The first-order valence-corrected chi connectivity index (χ1v) is 17.3. The summed E-state index contributed by atoms with van der Waals surface area (Å²) in [5, 5.41) is 33.4. The highest BCUT2D eigenvalue weighted by molar-refractivity contribution is 7.88. The Morgan fingerprint density at radius 2 is 0.750 bits per heavy atom. The molecule has 0 atom stereocenters. The fraction of sp³-hybridized carbons (Fsp3) is 0. The molecule has 4 aromatic heterocycles. The average molecular weight is 579 g/mol. The van der Waals surface area contributed by atoms with Crippen LogP contribution in [0.5, 0.6) is 11.5 Å². The Morgan fingerprint density at radius 1 is 0.417 bits per heavy atom. The van der Waals surface area contributed by atoms with E-state index in [1.54, 1.807) is 57.5 Å². The van der Waals surface area contributed by atoms with Crippen LogP contribution in [0.3, 0.4) is 0 Å². The molecule has 0 spiro atoms. The van der Waals surface area contributed by atoms with E-state index in [4.69, 9.17) is 0 Å². The quantitative estimate of drug-likeness (QED) is 0.212. The number of hydrogen-bond donors (Lipinski definition) is 2. The smallest absolute Gasteiger partial charge is 0.124 e. The maximum absolute atomic E-state index is 11.4. The van der Waals surface area contributed by atoms with Crippen molar-refractivity contribution < 1.29 is 10.2 Å². The third-order valence-corrected chi connectivity index (χ3v) is 15.9. The first-order chi connectivity index (χ1) is 17.7. The van der Waals surface area contributed by atoms with E-state index in [0.717, 1.165) is 21.7 Å². The van der Waals surface area contributed by atoms with Gasteiger partial charge in [0.2, 0.25) is 0 Å². The number of aromatic hydroxyl groups is 2. The molecule has 0 amide bonds. The molecule has 0 radical (unpaired) electrons. The van der Waals surface area contributed by atoms with Crippen LogP contribution < -0.4 is 29.1 Å². The van der Waals surface area contributed by atoms with E-state index in [9.17, 15) is 10.2 Å². The molecule has 0 aliphatic heterocycles. The largest absolute Gasteiger partial charge is 0.507 e. The highest BCUT2D eigenvalue weighted by atomic mass is 32.1. The monoisotopic (exact) mass is 578 g/mol. The van der Waals surface area contributed by atoms with Crippen molar-refractivity contribution in [3.8, 4) is 22.6 Å². The van der Waals surface area contributed by atoms with Crippen molar-refractivity contribution in [3.63, 3.8) is 0 Å². The molecular weight excluding hydrogens is 559 g/mol. The van der Waals surface area contributed by atoms with Crippen LogP contribution in [0.15, 0.2) is 106 Å². The summed E-state index contributed by atoms with van der Waals surface area (Å²) in [7, 11) is -1.78. The Morgan fingerprint density at radius 3 is 1.03 bits per heavy atom. The molecule has 6 aromatic rings. The predicted octanol–water partition coefficient (Wildman–Crippen LogP) is 6.53. The van der Waals surface area contributed by atoms with Gasteiger partial charge in [-0.25, -0.2) is 0 Å². The molecule has 2 N–H and O–H groups in total. The number of thiophene rings is 4. The van der Waals surface area contributed by atoms with Crippen molar-refractivity contribution in [3.05, 3.63) is 106 Å². The summed E-state index contributed by atoms with van der Waals surface area (Å²) >= 11 is 6.97. The molecule has 2 aromatic carbocycles. The van der Waals surface area contributed by atoms with Crippen LogP contribution in [-0.2, 0) is 0 Å². The minimum absolute atomic E-state index is 0.197. The minimum atomic E-state index is -0.888. The SMILES string of the molecule is Oc1cccc(P(c2cccs2)c2cccs2)c1-c1c(O)cccc1P(c1cccs1)c1cccs1. The Hall–Kier alpha value is -2.30. The molecular formula is C28H20O2P2S4. The second-order valence-electron chi connectivity index (χ2n) is 7.82. The van der Waals surface area contributed by atoms with Crippen molar-refractivity contribution >= 4 is 90.3 Å². The topological polar surface area (TPSA) is 40.5 Å². The first-order valence-electron chi connectivity index (χ1n) is 11.1. The van der Waals surface area contributed by atoms with Crippen molar-refractivity contribution in [1.29, 1.82) is 0 Å². The molecule has 0 saturated carbocycles. The number of rotatable bonds is 7. The first kappa shape index (κ1) is 24.1. The van der Waals surface area contributed by atoms with Crippen LogP contribution in [0.25, 0.3) is 11.1 Å². The number of phenolic OH excluding ortho intramolecular Hbond substituents is 2. The van der Waals surface area contributed by atoms with E-state index in [1.807, 2.05) is 12.1 Å². The zero-order valence-electron chi connectivity index (χ0n) is 18.8. The van der Waals surface area contributed by atoms with E-state index >= 15 is 0 Å². The lowest BCUT2D eigenvalue weighted by Gasteiger charge is -2.24. The van der Waals surface area contributed by atoms with Gasteiger partial charge in [0.05, 0.1) is 0 Å². The zero-order chi connectivity index (χ0) is 24.5. The molecule has 0 unspecified atom stereocenters. The van der Waals surface area contributed by atoms with Crippen molar-refractivity contribution in [2.24, 2.45) is 0 Å². The molecule has 0 aliphatic carbocycles. The normalized spacial score (nSPS) is 11.5. The highest BCUT2D eigenvalue weighted by Crippen LogP contribution is 2.47. The minimum Gasteiger partial charge on any atom is -0.507 e. The third kappa shape index (κ3) is 4.48. The van der Waals surface area contributed by atoms with Crippen molar-refractivity contribution in [1.82, 2.24) is 0 Å². The summed E-state index contributed by atoms with van der Waals surface area (Å²) in [5.41, 5.74) is 1.47. The van der Waals surface area contributed by atoms with Gasteiger partial charge in [0.15, 0.2) is 0 Å². The van der Waals surface area contributed by atoms with Gasteiger partial charge in [0.25, 0.3) is 0 Å². The lowest BCUT2D eigenvalue weighted by molar-refractivity contribution is 0.470. The molecule has 8 heteroatoms. The van der Waals surface area contributed by atoms with Gasteiger partial charge in [0.1, 0.15) is 11.5 Å². The lowest BCUT2D eigenvalue weighted by Crippen LogP contribution is -2.23. The Balaban J connectivity index is 1.63. The molecule has 0 fully saturated rings. The molecule has 0 aliphatic rings. The number of hydrogen-bond acceptors (Lipinski definition) is 6. The van der Waals surface area contributed by atoms with Gasteiger partial charge < -0.3 is 10.2 Å². The molecule has 2 nitrogen and oxygen atoms in total. The standard InChI is InChI=1S/C28H20O2P2S4/c29-19-7-1-9-21(31(23-11-3-15-33-23)24-12-4-16-34-24)27(19)28-20(30)8-2-10-22(28)32(25-13-5-17-35-25)26-14-6-18-36-26/h1-18,29-30H. The van der Waals surface area contributed by atoms with Gasteiger partial charge in [-0.2, -0.15) is 0 Å². The molecule has 178 valence electrons. The van der Waals surface area contributed by atoms with Crippen LogP contribution in [0.4, 0.5) is 0 Å². The fourth-order valence-corrected chi connectivity index (χ4v) is 14.9. The van der Waals surface area contributed by atoms with Crippen LogP contribution >= 0.6 is 61.2 Å².